The maximum absolute atomic E-state index is 12.4. The summed E-state index contributed by atoms with van der Waals surface area (Å²) in [6.45, 7) is 0. The first-order valence-electron chi connectivity index (χ1n) is 8.31. The van der Waals surface area contributed by atoms with E-state index in [9.17, 15) is 4.79 Å². The van der Waals surface area contributed by atoms with Gasteiger partial charge in [0.15, 0.2) is 11.5 Å². The third kappa shape index (κ3) is 4.20. The number of anilines is 1. The Kier molecular flexibility index (Phi) is 5.61. The molecule has 0 radical (unpaired) electrons. The van der Waals surface area contributed by atoms with E-state index in [1.54, 1.807) is 46.0 Å². The van der Waals surface area contributed by atoms with Crippen molar-refractivity contribution in [1.82, 2.24) is 9.55 Å². The maximum atomic E-state index is 12.4. The molecule has 3 aromatic rings. The Morgan fingerprint density at radius 1 is 1.04 bits per heavy atom. The van der Waals surface area contributed by atoms with Gasteiger partial charge in [0.05, 0.1) is 34.1 Å². The number of aromatic nitrogens is 2. The van der Waals surface area contributed by atoms with Crippen molar-refractivity contribution in [3.8, 4) is 22.9 Å². The molecular weight excluding hydrogens is 346 g/mol. The van der Waals surface area contributed by atoms with Gasteiger partial charge in [-0.05, 0) is 42.0 Å². The summed E-state index contributed by atoms with van der Waals surface area (Å²) in [6.07, 6.45) is 5.48. The molecule has 2 aromatic carbocycles. The number of methoxy groups -OCH3 is 3. The van der Waals surface area contributed by atoms with E-state index in [0.717, 1.165) is 16.9 Å². The van der Waals surface area contributed by atoms with E-state index in [1.807, 2.05) is 35.0 Å². The van der Waals surface area contributed by atoms with E-state index >= 15 is 0 Å². The fourth-order valence-electron chi connectivity index (χ4n) is 2.76. The lowest BCUT2D eigenvalue weighted by molar-refractivity contribution is -0.115. The van der Waals surface area contributed by atoms with Crippen molar-refractivity contribution in [2.75, 3.05) is 26.6 Å². The summed E-state index contributed by atoms with van der Waals surface area (Å²) in [5, 5.41) is 2.89. The summed E-state index contributed by atoms with van der Waals surface area (Å²) in [4.78, 5) is 16.4. The van der Waals surface area contributed by atoms with Crippen LogP contribution in [0.1, 0.15) is 5.56 Å². The molecule has 140 valence electrons. The standard InChI is InChI=1S/C20H21N3O4/c1-25-17-10-14(11-18(26-2)20(17)27-3)12-19(24)22-15-4-6-16(7-5-15)23-9-8-21-13-23/h4-11,13H,12H2,1-3H3,(H,22,24). The second-order valence-corrected chi connectivity index (χ2v) is 5.78. The average Bonchev–Trinajstić information content (AvgIpc) is 3.22. The molecule has 1 aromatic heterocycles. The molecule has 0 aliphatic rings. The Hall–Kier alpha value is -3.48. The molecule has 0 fully saturated rings. The van der Waals surface area contributed by atoms with Crippen LogP contribution in [0.3, 0.4) is 0 Å². The highest BCUT2D eigenvalue weighted by atomic mass is 16.5. The summed E-state index contributed by atoms with van der Waals surface area (Å²) in [6, 6.07) is 11.1. The maximum Gasteiger partial charge on any atom is 0.228 e. The van der Waals surface area contributed by atoms with Gasteiger partial charge < -0.3 is 24.1 Å². The Balaban J connectivity index is 1.70. The molecule has 0 saturated heterocycles. The van der Waals surface area contributed by atoms with Gasteiger partial charge in [0, 0.05) is 23.8 Å². The fourth-order valence-corrected chi connectivity index (χ4v) is 2.76. The number of benzene rings is 2. The summed E-state index contributed by atoms with van der Waals surface area (Å²) in [5.74, 6) is 1.40. The number of imidazole rings is 1. The third-order valence-electron chi connectivity index (χ3n) is 4.04. The number of nitrogens with one attached hydrogen (secondary N) is 1. The van der Waals surface area contributed by atoms with Crippen molar-refractivity contribution in [3.05, 3.63) is 60.7 Å². The summed E-state index contributed by atoms with van der Waals surface area (Å²) >= 11 is 0. The molecule has 0 saturated carbocycles. The lowest BCUT2D eigenvalue weighted by Gasteiger charge is -2.14. The van der Waals surface area contributed by atoms with Crippen LogP contribution in [-0.2, 0) is 11.2 Å². The van der Waals surface area contributed by atoms with E-state index in [1.165, 1.54) is 0 Å². The molecule has 1 N–H and O–H groups in total. The highest BCUT2D eigenvalue weighted by Gasteiger charge is 2.15. The van der Waals surface area contributed by atoms with Crippen molar-refractivity contribution in [3.63, 3.8) is 0 Å². The summed E-state index contributed by atoms with van der Waals surface area (Å²) in [5.41, 5.74) is 2.45. The van der Waals surface area contributed by atoms with Gasteiger partial charge in [-0.2, -0.15) is 0 Å². The molecule has 0 spiro atoms. The Bertz CT molecular complexity index is 880. The van der Waals surface area contributed by atoms with Crippen molar-refractivity contribution >= 4 is 11.6 Å². The number of carbonyl (C=O) groups excluding carboxylic acids is 1. The van der Waals surface area contributed by atoms with Crippen molar-refractivity contribution in [2.24, 2.45) is 0 Å². The Morgan fingerprint density at radius 3 is 2.22 bits per heavy atom. The smallest absolute Gasteiger partial charge is 0.228 e. The van der Waals surface area contributed by atoms with Crippen LogP contribution in [0.4, 0.5) is 5.69 Å². The Morgan fingerprint density at radius 2 is 1.70 bits per heavy atom. The first-order chi connectivity index (χ1) is 13.1. The molecule has 1 heterocycles. The van der Waals surface area contributed by atoms with Crippen LogP contribution in [-0.4, -0.2) is 36.8 Å². The van der Waals surface area contributed by atoms with Gasteiger partial charge in [-0.25, -0.2) is 4.98 Å². The van der Waals surface area contributed by atoms with Crippen LogP contribution >= 0.6 is 0 Å². The topological polar surface area (TPSA) is 74.6 Å². The van der Waals surface area contributed by atoms with Crippen LogP contribution in [0.2, 0.25) is 0 Å². The van der Waals surface area contributed by atoms with E-state index in [4.69, 9.17) is 14.2 Å². The lowest BCUT2D eigenvalue weighted by atomic mass is 10.1. The molecule has 1 amide bonds. The van der Waals surface area contributed by atoms with Crippen molar-refractivity contribution in [1.29, 1.82) is 0 Å². The quantitative estimate of drug-likeness (QED) is 0.695. The van der Waals surface area contributed by atoms with E-state index in [0.29, 0.717) is 17.2 Å². The predicted octanol–water partition coefficient (Wildman–Crippen LogP) is 3.08. The first-order valence-corrected chi connectivity index (χ1v) is 8.31. The molecule has 0 atom stereocenters. The van der Waals surface area contributed by atoms with Gasteiger partial charge >= 0.3 is 0 Å². The molecule has 0 unspecified atom stereocenters. The van der Waals surface area contributed by atoms with Crippen LogP contribution in [0.25, 0.3) is 5.69 Å². The van der Waals surface area contributed by atoms with Crippen LogP contribution < -0.4 is 19.5 Å². The zero-order chi connectivity index (χ0) is 19.2. The number of hydrogen-bond acceptors (Lipinski definition) is 5. The molecule has 0 aliphatic carbocycles. The third-order valence-corrected chi connectivity index (χ3v) is 4.04. The minimum Gasteiger partial charge on any atom is -0.493 e. The highest BCUT2D eigenvalue weighted by Crippen LogP contribution is 2.38. The molecule has 0 aliphatic heterocycles. The van der Waals surface area contributed by atoms with Gasteiger partial charge in [0.1, 0.15) is 0 Å². The van der Waals surface area contributed by atoms with E-state index in [2.05, 4.69) is 10.3 Å². The lowest BCUT2D eigenvalue weighted by Crippen LogP contribution is -2.14. The van der Waals surface area contributed by atoms with Gasteiger partial charge in [0.25, 0.3) is 0 Å². The number of ether oxygens (including phenoxy) is 3. The minimum absolute atomic E-state index is 0.139. The number of amides is 1. The molecule has 7 nitrogen and oxygen atoms in total. The van der Waals surface area contributed by atoms with Crippen LogP contribution in [0.15, 0.2) is 55.1 Å². The summed E-state index contributed by atoms with van der Waals surface area (Å²) < 4.78 is 17.8. The van der Waals surface area contributed by atoms with Crippen LogP contribution in [0, 0.1) is 0 Å². The van der Waals surface area contributed by atoms with Gasteiger partial charge in [-0.3, -0.25) is 4.79 Å². The number of hydrogen-bond donors (Lipinski definition) is 1. The van der Waals surface area contributed by atoms with Crippen molar-refractivity contribution < 1.29 is 19.0 Å². The summed E-state index contributed by atoms with van der Waals surface area (Å²) in [7, 11) is 4.63. The number of nitrogens with zero attached hydrogens (tertiary/aromatic N) is 2. The van der Waals surface area contributed by atoms with E-state index in [-0.39, 0.29) is 12.3 Å². The molecular formula is C20H21N3O4. The number of rotatable bonds is 7. The zero-order valence-corrected chi connectivity index (χ0v) is 15.4. The van der Waals surface area contributed by atoms with Crippen molar-refractivity contribution in [2.45, 2.75) is 6.42 Å². The highest BCUT2D eigenvalue weighted by molar-refractivity contribution is 5.92. The second-order valence-electron chi connectivity index (χ2n) is 5.78. The molecule has 7 heteroatoms. The number of carbonyl (C=O) groups is 1. The Labute approximate surface area is 157 Å². The zero-order valence-electron chi connectivity index (χ0n) is 15.4. The monoisotopic (exact) mass is 367 g/mol. The largest absolute Gasteiger partial charge is 0.493 e. The minimum atomic E-state index is -0.139. The van der Waals surface area contributed by atoms with Crippen LogP contribution in [0.5, 0.6) is 17.2 Å². The first kappa shape index (κ1) is 18.3. The molecule has 0 bridgehead atoms. The SMILES string of the molecule is COc1cc(CC(=O)Nc2ccc(-n3ccnc3)cc2)cc(OC)c1OC. The van der Waals surface area contributed by atoms with Gasteiger partial charge in [-0.15, -0.1) is 0 Å². The second kappa shape index (κ2) is 8.27. The fraction of sp³-hybridized carbons (Fsp3) is 0.200. The normalized spacial score (nSPS) is 10.3. The average molecular weight is 367 g/mol. The van der Waals surface area contributed by atoms with E-state index < -0.39 is 0 Å². The predicted molar refractivity (Wildman–Crippen MR) is 102 cm³/mol. The molecule has 27 heavy (non-hydrogen) atoms. The van der Waals surface area contributed by atoms with Gasteiger partial charge in [0.2, 0.25) is 11.7 Å². The molecule has 3 rings (SSSR count). The van der Waals surface area contributed by atoms with Gasteiger partial charge in [-0.1, -0.05) is 0 Å².